The van der Waals surface area contributed by atoms with E-state index in [-0.39, 0.29) is 12.3 Å². The number of hydrogen-bond donors (Lipinski definition) is 2. The van der Waals surface area contributed by atoms with Crippen LogP contribution in [-0.2, 0) is 11.2 Å². The van der Waals surface area contributed by atoms with Crippen molar-refractivity contribution in [3.8, 4) is 11.1 Å². The Morgan fingerprint density at radius 1 is 1.23 bits per heavy atom. The molecule has 1 atom stereocenters. The third-order valence-corrected chi connectivity index (χ3v) is 4.19. The molecule has 1 unspecified atom stereocenters. The topological polar surface area (TPSA) is 77.8 Å². The van der Waals surface area contributed by atoms with Crippen LogP contribution in [0.1, 0.15) is 27.6 Å². The predicted octanol–water partition coefficient (Wildman–Crippen LogP) is 3.56. The van der Waals surface area contributed by atoms with Crippen molar-refractivity contribution in [1.29, 1.82) is 0 Å². The fourth-order valence-corrected chi connectivity index (χ4v) is 2.84. The van der Waals surface area contributed by atoms with E-state index >= 15 is 0 Å². The van der Waals surface area contributed by atoms with Gasteiger partial charge in [0.2, 0.25) is 0 Å². The summed E-state index contributed by atoms with van der Waals surface area (Å²) in [5.74, 6) is -1.31. The summed E-state index contributed by atoms with van der Waals surface area (Å²) in [6, 6.07) is 10.0. The van der Waals surface area contributed by atoms with Gasteiger partial charge in [0.25, 0.3) is 5.91 Å². The monoisotopic (exact) mass is 373 g/mol. The lowest BCUT2D eigenvalue weighted by Gasteiger charge is -2.17. The highest BCUT2D eigenvalue weighted by Gasteiger charge is 2.19. The molecule has 0 aliphatic rings. The first kappa shape index (κ1) is 19.7. The van der Waals surface area contributed by atoms with Gasteiger partial charge in [-0.25, -0.2) is 0 Å². The number of carbonyl (C=O) groups excluding carboxylic acids is 1. The Kier molecular flexibility index (Phi) is 6.18. The third kappa shape index (κ3) is 4.31. The molecule has 26 heavy (non-hydrogen) atoms. The molecule has 2 aromatic rings. The third-order valence-electron chi connectivity index (χ3n) is 3.96. The Morgan fingerprint density at radius 2 is 1.92 bits per heavy atom. The van der Waals surface area contributed by atoms with Crippen LogP contribution in [0.3, 0.4) is 0 Å². The molecule has 0 saturated carbocycles. The molecule has 0 spiro atoms. The summed E-state index contributed by atoms with van der Waals surface area (Å²) in [6.45, 7) is 3.60. The Bertz CT molecular complexity index is 861. The molecule has 5 nitrogen and oxygen atoms in total. The second-order valence-corrected chi connectivity index (χ2v) is 6.49. The maximum atomic E-state index is 12.5. The fourth-order valence-electron chi connectivity index (χ4n) is 2.66. The van der Waals surface area contributed by atoms with Crippen LogP contribution >= 0.6 is 11.6 Å². The molecule has 2 N–H and O–H groups in total. The minimum absolute atomic E-state index is 0.257. The van der Waals surface area contributed by atoms with Crippen molar-refractivity contribution in [2.75, 3.05) is 14.1 Å². The van der Waals surface area contributed by atoms with Gasteiger partial charge in [0.15, 0.2) is 0 Å². The highest BCUT2D eigenvalue weighted by atomic mass is 35.5. The summed E-state index contributed by atoms with van der Waals surface area (Å²) in [5.41, 5.74) is 2.63. The largest absolute Gasteiger partial charge is 0.481 e. The molecule has 0 heterocycles. The lowest BCUT2D eigenvalue weighted by molar-refractivity contribution is -0.136. The van der Waals surface area contributed by atoms with Gasteiger partial charge in [0.05, 0.1) is 12.5 Å². The van der Waals surface area contributed by atoms with Crippen LogP contribution in [0.2, 0.25) is 5.02 Å². The summed E-state index contributed by atoms with van der Waals surface area (Å²) in [4.78, 5) is 25.0. The van der Waals surface area contributed by atoms with E-state index in [2.05, 4.69) is 6.58 Å². The van der Waals surface area contributed by atoms with Crippen LogP contribution in [0.4, 0.5) is 0 Å². The number of aliphatic carboxylic acids is 1. The normalized spacial score (nSPS) is 11.7. The summed E-state index contributed by atoms with van der Waals surface area (Å²) in [7, 11) is 3.21. The summed E-state index contributed by atoms with van der Waals surface area (Å²) in [5, 5.41) is 19.8. The number of carboxylic acids is 1. The number of hydrogen-bond acceptors (Lipinski definition) is 3. The van der Waals surface area contributed by atoms with Crippen molar-refractivity contribution in [2.45, 2.75) is 12.5 Å². The lowest BCUT2D eigenvalue weighted by Crippen LogP contribution is -2.23. The number of carbonyl (C=O) groups is 2. The molecule has 0 bridgehead atoms. The number of halogens is 1. The number of rotatable bonds is 6. The van der Waals surface area contributed by atoms with Gasteiger partial charge >= 0.3 is 5.97 Å². The van der Waals surface area contributed by atoms with Gasteiger partial charge < -0.3 is 15.1 Å². The SMILES string of the molecule is C=CC(O)c1ccc(Cl)cc1-c1ccc(CC(=O)O)c(C(=O)N(C)C)c1. The molecule has 0 aliphatic carbocycles. The highest BCUT2D eigenvalue weighted by Crippen LogP contribution is 2.33. The molecule has 0 aromatic heterocycles. The van der Waals surface area contributed by atoms with Crippen LogP contribution in [-0.4, -0.2) is 41.1 Å². The number of amides is 1. The summed E-state index contributed by atoms with van der Waals surface area (Å²) >= 11 is 6.11. The Hall–Kier alpha value is -2.63. The number of aliphatic hydroxyl groups is 1. The maximum Gasteiger partial charge on any atom is 0.307 e. The fraction of sp³-hybridized carbons (Fsp3) is 0.200. The molecular formula is C20H20ClNO4. The first-order valence-electron chi connectivity index (χ1n) is 7.91. The molecule has 136 valence electrons. The van der Waals surface area contributed by atoms with Gasteiger partial charge in [0.1, 0.15) is 0 Å². The number of nitrogens with zero attached hydrogens (tertiary/aromatic N) is 1. The van der Waals surface area contributed by atoms with E-state index in [0.29, 0.717) is 32.8 Å². The Balaban J connectivity index is 2.66. The Labute approximate surface area is 157 Å². The molecule has 2 aromatic carbocycles. The molecule has 2 rings (SSSR count). The van der Waals surface area contributed by atoms with Crippen molar-refractivity contribution < 1.29 is 19.8 Å². The highest BCUT2D eigenvalue weighted by molar-refractivity contribution is 6.30. The second kappa shape index (κ2) is 8.17. The lowest BCUT2D eigenvalue weighted by atomic mass is 9.92. The second-order valence-electron chi connectivity index (χ2n) is 6.05. The van der Waals surface area contributed by atoms with Crippen molar-refractivity contribution in [3.05, 3.63) is 70.8 Å². The van der Waals surface area contributed by atoms with Crippen LogP contribution < -0.4 is 0 Å². The zero-order valence-corrected chi connectivity index (χ0v) is 15.3. The van der Waals surface area contributed by atoms with Gasteiger partial charge in [-0.05, 0) is 40.5 Å². The van der Waals surface area contributed by atoms with Crippen LogP contribution in [0.15, 0.2) is 49.1 Å². The van der Waals surface area contributed by atoms with E-state index in [9.17, 15) is 14.7 Å². The molecule has 0 fully saturated rings. The number of benzene rings is 2. The molecule has 0 aliphatic heterocycles. The van der Waals surface area contributed by atoms with Crippen molar-refractivity contribution >= 4 is 23.5 Å². The zero-order chi connectivity index (χ0) is 19.4. The van der Waals surface area contributed by atoms with Gasteiger partial charge in [-0.2, -0.15) is 0 Å². The van der Waals surface area contributed by atoms with E-state index < -0.39 is 12.1 Å². The first-order chi connectivity index (χ1) is 12.2. The average molecular weight is 374 g/mol. The zero-order valence-electron chi connectivity index (χ0n) is 14.6. The van der Waals surface area contributed by atoms with Crippen molar-refractivity contribution in [2.24, 2.45) is 0 Å². The summed E-state index contributed by atoms with van der Waals surface area (Å²) < 4.78 is 0. The summed E-state index contributed by atoms with van der Waals surface area (Å²) in [6.07, 6.45) is 0.249. The van der Waals surface area contributed by atoms with Crippen molar-refractivity contribution in [1.82, 2.24) is 4.90 Å². The van der Waals surface area contributed by atoms with Gasteiger partial charge in [-0.3, -0.25) is 9.59 Å². The van der Waals surface area contributed by atoms with E-state index in [1.54, 1.807) is 50.5 Å². The first-order valence-corrected chi connectivity index (χ1v) is 8.29. The smallest absolute Gasteiger partial charge is 0.307 e. The predicted molar refractivity (Wildman–Crippen MR) is 101 cm³/mol. The van der Waals surface area contributed by atoms with Gasteiger partial charge in [-0.1, -0.05) is 35.9 Å². The van der Waals surface area contributed by atoms with E-state index in [1.807, 2.05) is 0 Å². The van der Waals surface area contributed by atoms with Gasteiger partial charge in [-0.15, -0.1) is 6.58 Å². The maximum absolute atomic E-state index is 12.5. The van der Waals surface area contributed by atoms with E-state index in [4.69, 9.17) is 16.7 Å². The van der Waals surface area contributed by atoms with E-state index in [1.165, 1.54) is 11.0 Å². The van der Waals surface area contributed by atoms with E-state index in [0.717, 1.165) is 0 Å². The Morgan fingerprint density at radius 3 is 2.50 bits per heavy atom. The van der Waals surface area contributed by atoms with Crippen molar-refractivity contribution in [3.63, 3.8) is 0 Å². The standard InChI is InChI=1S/C20H20ClNO4/c1-4-18(23)15-8-7-14(21)11-16(15)12-5-6-13(10-19(24)25)17(9-12)20(26)22(2)3/h4-9,11,18,23H,1,10H2,2-3H3,(H,24,25). The minimum atomic E-state index is -1.02. The number of aliphatic hydroxyl groups excluding tert-OH is 1. The average Bonchev–Trinajstić information content (AvgIpc) is 2.60. The molecule has 6 heteroatoms. The van der Waals surface area contributed by atoms with Crippen LogP contribution in [0.25, 0.3) is 11.1 Å². The molecule has 0 saturated heterocycles. The quantitative estimate of drug-likeness (QED) is 0.759. The number of carboxylic acid groups (broad SMARTS) is 1. The molecule has 0 radical (unpaired) electrons. The molecule has 1 amide bonds. The molecular weight excluding hydrogens is 354 g/mol. The van der Waals surface area contributed by atoms with Crippen LogP contribution in [0, 0.1) is 0 Å². The van der Waals surface area contributed by atoms with Gasteiger partial charge in [0, 0.05) is 24.7 Å². The minimum Gasteiger partial charge on any atom is -0.481 e. The van der Waals surface area contributed by atoms with Crippen LogP contribution in [0.5, 0.6) is 0 Å².